The Kier molecular flexibility index (Phi) is 8.07. The van der Waals surface area contributed by atoms with Crippen molar-refractivity contribution in [2.75, 3.05) is 0 Å². The van der Waals surface area contributed by atoms with Crippen LogP contribution in [0.3, 0.4) is 0 Å². The predicted octanol–water partition coefficient (Wildman–Crippen LogP) is 13.8. The maximum absolute atomic E-state index is 5.31. The van der Waals surface area contributed by atoms with E-state index in [0.29, 0.717) is 17.5 Å². The van der Waals surface area contributed by atoms with Gasteiger partial charge in [-0.05, 0) is 73.3 Å². The topological polar surface area (TPSA) is 51.6 Å². The number of rotatable bonds is 5. The molecule has 0 aliphatic heterocycles. The third-order valence-electron chi connectivity index (χ3n) is 13.3. The highest BCUT2D eigenvalue weighted by Gasteiger charge is 2.53. The molecule has 10 aromatic rings. The van der Waals surface area contributed by atoms with Gasteiger partial charge in [-0.3, -0.25) is 4.98 Å². The molecule has 0 saturated heterocycles. The number of hydrogen-bond acceptors (Lipinski definition) is 4. The van der Waals surface area contributed by atoms with Gasteiger partial charge in [-0.25, -0.2) is 15.0 Å². The highest BCUT2D eigenvalue weighted by Crippen LogP contribution is 2.63. The average Bonchev–Trinajstić information content (AvgIpc) is 3.64. The summed E-state index contributed by atoms with van der Waals surface area (Å²) in [4.78, 5) is 20.4. The van der Waals surface area contributed by atoms with Gasteiger partial charge in [-0.1, -0.05) is 202 Å². The van der Waals surface area contributed by atoms with Crippen molar-refractivity contribution in [3.63, 3.8) is 0 Å². The summed E-state index contributed by atoms with van der Waals surface area (Å²) in [6.45, 7) is 4.74. The molecule has 0 radical (unpaired) electrons. The van der Waals surface area contributed by atoms with E-state index in [4.69, 9.17) is 19.9 Å². The Balaban J connectivity index is 1.12. The lowest BCUT2D eigenvalue weighted by atomic mass is 9.55. The third-order valence-corrected chi connectivity index (χ3v) is 13.3. The molecular weight excluding hydrogens is 753 g/mol. The molecule has 0 N–H and O–H groups in total. The van der Waals surface area contributed by atoms with Crippen LogP contribution in [0.4, 0.5) is 0 Å². The van der Waals surface area contributed by atoms with Crippen LogP contribution in [0.5, 0.6) is 0 Å². The molecular formula is C58H40N4. The van der Waals surface area contributed by atoms with Crippen LogP contribution in [0.1, 0.15) is 47.2 Å². The van der Waals surface area contributed by atoms with Gasteiger partial charge < -0.3 is 0 Å². The first-order valence-corrected chi connectivity index (χ1v) is 21.3. The molecule has 62 heavy (non-hydrogen) atoms. The van der Waals surface area contributed by atoms with Crippen molar-refractivity contribution >= 4 is 10.9 Å². The maximum atomic E-state index is 5.31. The number of pyridine rings is 1. The van der Waals surface area contributed by atoms with Crippen molar-refractivity contribution in [1.82, 2.24) is 19.9 Å². The van der Waals surface area contributed by atoms with Gasteiger partial charge in [0.2, 0.25) is 0 Å². The van der Waals surface area contributed by atoms with Gasteiger partial charge in [0.25, 0.3) is 0 Å². The quantitative estimate of drug-likeness (QED) is 0.174. The second kappa shape index (κ2) is 13.9. The van der Waals surface area contributed by atoms with Crippen molar-refractivity contribution in [1.29, 1.82) is 0 Å². The fourth-order valence-corrected chi connectivity index (χ4v) is 10.4. The fourth-order valence-electron chi connectivity index (χ4n) is 10.4. The molecule has 2 aliphatic carbocycles. The number of fused-ring (bicyclic) bond motifs is 10. The lowest BCUT2D eigenvalue weighted by Crippen LogP contribution is -2.40. The maximum Gasteiger partial charge on any atom is 0.164 e. The zero-order chi connectivity index (χ0) is 41.4. The Morgan fingerprint density at radius 1 is 0.339 bits per heavy atom. The SMILES string of the molecule is CC1(C)c2ccccc2C2(c3ccc(-c4ccc(-c5cccc6cccnc56)cc4)cc3-c3c(-c4nc(-c5ccccc5)nc(-c5ccccc5)n4)cccc32)c2ccccc21. The Morgan fingerprint density at radius 2 is 0.855 bits per heavy atom. The van der Waals surface area contributed by atoms with E-state index in [1.54, 1.807) is 0 Å². The van der Waals surface area contributed by atoms with Gasteiger partial charge in [0.15, 0.2) is 17.5 Å². The second-order valence-electron chi connectivity index (χ2n) is 17.0. The van der Waals surface area contributed by atoms with Crippen molar-refractivity contribution < 1.29 is 0 Å². The second-order valence-corrected chi connectivity index (χ2v) is 17.0. The molecule has 4 heteroatoms. The van der Waals surface area contributed by atoms with Crippen molar-refractivity contribution in [2.45, 2.75) is 24.7 Å². The van der Waals surface area contributed by atoms with Crippen LogP contribution in [0.15, 0.2) is 206 Å². The predicted molar refractivity (Wildman–Crippen MR) is 252 cm³/mol. The number of para-hydroxylation sites is 1. The van der Waals surface area contributed by atoms with E-state index >= 15 is 0 Å². The van der Waals surface area contributed by atoms with Gasteiger partial charge in [-0.15, -0.1) is 0 Å². The third kappa shape index (κ3) is 5.33. The summed E-state index contributed by atoms with van der Waals surface area (Å²) in [6, 6.07) is 71.9. The molecule has 0 fully saturated rings. The summed E-state index contributed by atoms with van der Waals surface area (Å²) in [6.07, 6.45) is 1.87. The molecule has 0 atom stereocenters. The minimum atomic E-state index is -0.579. The Morgan fingerprint density at radius 3 is 1.52 bits per heavy atom. The average molecular weight is 793 g/mol. The molecule has 12 rings (SSSR count). The first-order valence-electron chi connectivity index (χ1n) is 21.3. The molecule has 2 heterocycles. The van der Waals surface area contributed by atoms with Gasteiger partial charge >= 0.3 is 0 Å². The first kappa shape index (κ1) is 36.1. The minimum absolute atomic E-state index is 0.205. The number of nitrogens with zero attached hydrogens (tertiary/aromatic N) is 4. The molecule has 292 valence electrons. The highest BCUT2D eigenvalue weighted by molar-refractivity contribution is 5.98. The van der Waals surface area contributed by atoms with E-state index < -0.39 is 5.41 Å². The summed E-state index contributed by atoms with van der Waals surface area (Å²) < 4.78 is 0. The molecule has 8 aromatic carbocycles. The molecule has 0 amide bonds. The monoisotopic (exact) mass is 792 g/mol. The van der Waals surface area contributed by atoms with Crippen molar-refractivity contribution in [3.05, 3.63) is 240 Å². The summed E-state index contributed by atoms with van der Waals surface area (Å²) in [5.41, 5.74) is 17.8. The van der Waals surface area contributed by atoms with Crippen LogP contribution in [0, 0.1) is 0 Å². The van der Waals surface area contributed by atoms with Gasteiger partial charge in [0, 0.05) is 39.3 Å². The highest BCUT2D eigenvalue weighted by atomic mass is 15.0. The molecule has 1 spiro atoms. The van der Waals surface area contributed by atoms with E-state index in [1.165, 1.54) is 38.9 Å². The number of hydrogen-bond donors (Lipinski definition) is 0. The van der Waals surface area contributed by atoms with Crippen molar-refractivity contribution in [3.8, 4) is 67.5 Å². The summed E-state index contributed by atoms with van der Waals surface area (Å²) in [5, 5.41) is 1.13. The van der Waals surface area contributed by atoms with Crippen LogP contribution < -0.4 is 0 Å². The van der Waals surface area contributed by atoms with Crippen LogP contribution in [0.2, 0.25) is 0 Å². The van der Waals surface area contributed by atoms with E-state index in [9.17, 15) is 0 Å². The summed E-state index contributed by atoms with van der Waals surface area (Å²) >= 11 is 0. The minimum Gasteiger partial charge on any atom is -0.256 e. The van der Waals surface area contributed by atoms with E-state index in [-0.39, 0.29) is 5.41 Å². The van der Waals surface area contributed by atoms with Crippen molar-refractivity contribution in [2.24, 2.45) is 0 Å². The number of aromatic nitrogens is 4. The van der Waals surface area contributed by atoms with Crippen LogP contribution in [-0.2, 0) is 10.8 Å². The number of benzene rings is 8. The van der Waals surface area contributed by atoms with Gasteiger partial charge in [0.1, 0.15) is 0 Å². The molecule has 4 nitrogen and oxygen atoms in total. The fraction of sp³-hybridized carbons (Fsp3) is 0.0690. The standard InChI is InChI=1S/C58H40N4/c1-57(2)47-24-9-11-26-49(47)58(50-27-12-10-25-48(50)57)46-34-33-42(37-29-31-38(32-30-37)43-22-13-20-39-21-15-35-59-53(39)43)36-45(46)52-44(23-14-28-51(52)58)56-61-54(40-16-5-3-6-17-40)60-55(62-56)41-18-7-4-8-19-41/h3-36H,1-2H3. The largest absolute Gasteiger partial charge is 0.256 e. The van der Waals surface area contributed by atoms with E-state index in [0.717, 1.165) is 55.4 Å². The zero-order valence-corrected chi connectivity index (χ0v) is 34.4. The van der Waals surface area contributed by atoms with Crippen LogP contribution in [-0.4, -0.2) is 19.9 Å². The summed E-state index contributed by atoms with van der Waals surface area (Å²) in [7, 11) is 0. The van der Waals surface area contributed by atoms with Crippen LogP contribution >= 0.6 is 0 Å². The Labute approximate surface area is 361 Å². The zero-order valence-electron chi connectivity index (χ0n) is 34.4. The Bertz CT molecular complexity index is 3260. The van der Waals surface area contributed by atoms with E-state index in [1.807, 2.05) is 48.7 Å². The first-order chi connectivity index (χ1) is 30.5. The van der Waals surface area contributed by atoms with Gasteiger partial charge in [0.05, 0.1) is 10.9 Å². The molecule has 2 aliphatic rings. The molecule has 0 unspecified atom stereocenters. The lowest BCUT2D eigenvalue weighted by Gasteiger charge is -2.46. The summed E-state index contributed by atoms with van der Waals surface area (Å²) in [5.74, 6) is 1.93. The molecule has 0 saturated carbocycles. The smallest absolute Gasteiger partial charge is 0.164 e. The van der Waals surface area contributed by atoms with Crippen LogP contribution in [0.25, 0.3) is 78.4 Å². The van der Waals surface area contributed by atoms with Gasteiger partial charge in [-0.2, -0.15) is 0 Å². The lowest BCUT2D eigenvalue weighted by molar-refractivity contribution is 0.563. The van der Waals surface area contributed by atoms with E-state index in [2.05, 4.69) is 172 Å². The molecule has 2 aromatic heterocycles. The Hall–Kier alpha value is -7.82. The normalized spacial score (nSPS) is 13.9. The molecule has 0 bridgehead atoms.